The number of amides is 1. The fourth-order valence-electron chi connectivity index (χ4n) is 1.31. The van der Waals surface area contributed by atoms with Gasteiger partial charge in [-0.1, -0.05) is 22.0 Å². The molecule has 1 aromatic rings. The zero-order chi connectivity index (χ0) is 15.3. The highest BCUT2D eigenvalue weighted by molar-refractivity contribution is 7.89. The first-order chi connectivity index (χ1) is 9.34. The fraction of sp³-hybridized carbons (Fsp3) is 0.250. The predicted molar refractivity (Wildman–Crippen MR) is 74.6 cm³/mol. The van der Waals surface area contributed by atoms with Crippen LogP contribution in [-0.4, -0.2) is 39.5 Å². The molecule has 1 amide bonds. The first-order valence-electron chi connectivity index (χ1n) is 5.38. The van der Waals surface area contributed by atoms with Gasteiger partial charge in [-0.25, -0.2) is 8.42 Å². The van der Waals surface area contributed by atoms with Crippen LogP contribution < -0.4 is 5.32 Å². The van der Waals surface area contributed by atoms with Crippen LogP contribution in [0.3, 0.4) is 0 Å². The molecule has 0 saturated heterocycles. The van der Waals surface area contributed by atoms with Crippen LogP contribution >= 0.6 is 11.6 Å². The van der Waals surface area contributed by atoms with Crippen molar-refractivity contribution >= 4 is 27.5 Å². The molecule has 0 radical (unpaired) electrons. The van der Waals surface area contributed by atoms with Crippen LogP contribution in [0.5, 0.6) is 0 Å². The molecule has 0 aliphatic rings. The summed E-state index contributed by atoms with van der Waals surface area (Å²) in [5, 5.41) is 2.42. The van der Waals surface area contributed by atoms with Gasteiger partial charge in [0, 0.05) is 12.6 Å². The third-order valence-electron chi connectivity index (χ3n) is 2.42. The van der Waals surface area contributed by atoms with Gasteiger partial charge in [0.15, 0.2) is 0 Å². The molecule has 0 heterocycles. The summed E-state index contributed by atoms with van der Waals surface area (Å²) in [4.78, 5) is 16.2. The Morgan fingerprint density at radius 3 is 2.75 bits per heavy atom. The lowest BCUT2D eigenvalue weighted by Gasteiger charge is -2.15. The summed E-state index contributed by atoms with van der Waals surface area (Å²) in [6.07, 6.45) is 5.03. The maximum Gasteiger partial charge on any atom is 0.266 e. The van der Waals surface area contributed by atoms with Gasteiger partial charge >= 0.3 is 0 Å². The molecule has 0 bridgehead atoms. The van der Waals surface area contributed by atoms with Gasteiger partial charge in [0.05, 0.1) is 18.7 Å². The number of sulfonamides is 1. The van der Waals surface area contributed by atoms with Crippen molar-refractivity contribution in [2.45, 2.75) is 4.90 Å². The minimum Gasteiger partial charge on any atom is -0.341 e. The van der Waals surface area contributed by atoms with E-state index < -0.39 is 15.9 Å². The fourth-order valence-corrected chi connectivity index (χ4v) is 2.79. The molecule has 20 heavy (non-hydrogen) atoms. The quantitative estimate of drug-likeness (QED) is 0.646. The number of hydrogen-bond acceptors (Lipinski definition) is 4. The van der Waals surface area contributed by atoms with Crippen LogP contribution in [0.2, 0.25) is 5.02 Å². The summed E-state index contributed by atoms with van der Waals surface area (Å²) in [6.45, 7) is 0.0432. The first-order valence-corrected chi connectivity index (χ1v) is 7.20. The molecule has 0 spiro atoms. The molecule has 108 valence electrons. The molecule has 0 aliphatic heterocycles. The molecule has 8 heteroatoms. The molecule has 6 nitrogen and oxygen atoms in total. The molecule has 0 aliphatic carbocycles. The van der Waals surface area contributed by atoms with Crippen molar-refractivity contribution < 1.29 is 18.0 Å². The van der Waals surface area contributed by atoms with Crippen molar-refractivity contribution in [1.29, 1.82) is 0 Å². The van der Waals surface area contributed by atoms with E-state index in [1.807, 2.05) is 0 Å². The maximum atomic E-state index is 12.1. The van der Waals surface area contributed by atoms with E-state index in [0.717, 1.165) is 0 Å². The lowest BCUT2D eigenvalue weighted by atomic mass is 10.2. The number of halogens is 1. The Morgan fingerprint density at radius 1 is 1.55 bits per heavy atom. The summed E-state index contributed by atoms with van der Waals surface area (Å²) < 4.78 is 24.9. The highest BCUT2D eigenvalue weighted by Gasteiger charge is 2.25. The Hall–Kier alpha value is -1.59. The number of nitrogens with zero attached hydrogens (tertiary/aromatic N) is 1. The molecule has 0 unspecified atom stereocenters. The van der Waals surface area contributed by atoms with Gasteiger partial charge in [-0.15, -0.1) is 6.42 Å². The van der Waals surface area contributed by atoms with Gasteiger partial charge < -0.3 is 5.32 Å². The third-order valence-corrected chi connectivity index (χ3v) is 4.58. The van der Waals surface area contributed by atoms with Crippen molar-refractivity contribution in [3.8, 4) is 12.3 Å². The number of benzene rings is 1. The summed E-state index contributed by atoms with van der Waals surface area (Å²) in [6, 6.07) is 3.89. The van der Waals surface area contributed by atoms with Crippen molar-refractivity contribution in [3.05, 3.63) is 28.8 Å². The van der Waals surface area contributed by atoms with Gasteiger partial charge in [-0.05, 0) is 18.2 Å². The van der Waals surface area contributed by atoms with Gasteiger partial charge in [0.1, 0.15) is 4.90 Å². The number of carbonyl (C=O) groups is 1. The Labute approximate surface area is 122 Å². The zero-order valence-corrected chi connectivity index (χ0v) is 12.5. The van der Waals surface area contributed by atoms with E-state index in [1.54, 1.807) is 0 Å². The average molecular weight is 317 g/mol. The Morgan fingerprint density at radius 2 is 2.20 bits per heavy atom. The topological polar surface area (TPSA) is 75.7 Å². The third kappa shape index (κ3) is 3.49. The smallest absolute Gasteiger partial charge is 0.266 e. The number of terminal acetylenes is 1. The van der Waals surface area contributed by atoms with Crippen LogP contribution in [-0.2, 0) is 14.9 Å². The van der Waals surface area contributed by atoms with Crippen LogP contribution in [0.25, 0.3) is 0 Å². The van der Waals surface area contributed by atoms with Crippen LogP contribution in [0.4, 0.5) is 0 Å². The zero-order valence-electron chi connectivity index (χ0n) is 10.9. The van der Waals surface area contributed by atoms with Crippen molar-refractivity contribution in [2.75, 3.05) is 20.7 Å². The van der Waals surface area contributed by atoms with Gasteiger partial charge in [-0.3, -0.25) is 9.63 Å². The Kier molecular flexibility index (Phi) is 5.53. The van der Waals surface area contributed by atoms with Crippen LogP contribution in [0, 0.1) is 12.3 Å². The number of nitrogens with one attached hydrogen (secondary N) is 1. The van der Waals surface area contributed by atoms with E-state index >= 15 is 0 Å². The van der Waals surface area contributed by atoms with Crippen molar-refractivity contribution in [2.24, 2.45) is 0 Å². The maximum absolute atomic E-state index is 12.1. The predicted octanol–water partition coefficient (Wildman–Crippen LogP) is 0.885. The first kappa shape index (κ1) is 16.5. The van der Waals surface area contributed by atoms with E-state index in [1.165, 1.54) is 32.4 Å². The van der Waals surface area contributed by atoms with Crippen molar-refractivity contribution in [3.63, 3.8) is 0 Å². The molecular formula is C12H13ClN2O4S. The van der Waals surface area contributed by atoms with E-state index in [9.17, 15) is 13.2 Å². The monoisotopic (exact) mass is 316 g/mol. The van der Waals surface area contributed by atoms with E-state index in [4.69, 9.17) is 18.0 Å². The lowest BCUT2D eigenvalue weighted by Crippen LogP contribution is -2.27. The average Bonchev–Trinajstić information content (AvgIpc) is 2.43. The lowest BCUT2D eigenvalue weighted by molar-refractivity contribution is -0.0258. The molecule has 0 saturated carbocycles. The minimum atomic E-state index is -3.94. The molecule has 1 aromatic carbocycles. The second-order valence-corrected chi connectivity index (χ2v) is 5.94. The normalized spacial score (nSPS) is 11.2. The van der Waals surface area contributed by atoms with Crippen LogP contribution in [0.15, 0.2) is 23.1 Å². The van der Waals surface area contributed by atoms with Crippen LogP contribution in [0.1, 0.15) is 10.4 Å². The van der Waals surface area contributed by atoms with E-state index in [-0.39, 0.29) is 22.0 Å². The SMILES string of the molecule is C#CCNC(=O)c1ccc(Cl)c(S(=O)(=O)N(C)OC)c1. The van der Waals surface area contributed by atoms with E-state index in [0.29, 0.717) is 4.47 Å². The Balaban J connectivity index is 3.23. The molecule has 0 fully saturated rings. The largest absolute Gasteiger partial charge is 0.341 e. The standard InChI is InChI=1S/C12H13ClN2O4S/c1-4-7-14-12(16)9-5-6-10(13)11(8-9)20(17,18)15(2)19-3/h1,5-6,8H,7H2,2-3H3,(H,14,16). The summed E-state index contributed by atoms with van der Waals surface area (Å²) >= 11 is 5.87. The van der Waals surface area contributed by atoms with E-state index in [2.05, 4.69) is 16.1 Å². The summed E-state index contributed by atoms with van der Waals surface area (Å²) in [7, 11) is -1.52. The number of hydrogen-bond donors (Lipinski definition) is 1. The molecular weight excluding hydrogens is 304 g/mol. The minimum absolute atomic E-state index is 0.0117. The number of hydroxylamine groups is 1. The summed E-state index contributed by atoms with van der Waals surface area (Å²) in [5.74, 6) is 1.76. The highest BCUT2D eigenvalue weighted by atomic mass is 35.5. The molecule has 0 atom stereocenters. The van der Waals surface area contributed by atoms with Crippen molar-refractivity contribution in [1.82, 2.24) is 9.79 Å². The second-order valence-electron chi connectivity index (χ2n) is 3.63. The van der Waals surface area contributed by atoms with Gasteiger partial charge in [0.25, 0.3) is 15.9 Å². The highest BCUT2D eigenvalue weighted by Crippen LogP contribution is 2.25. The molecule has 1 rings (SSSR count). The number of rotatable bonds is 5. The molecule has 1 N–H and O–H groups in total. The van der Waals surface area contributed by atoms with Gasteiger partial charge in [-0.2, -0.15) is 0 Å². The summed E-state index contributed by atoms with van der Waals surface area (Å²) in [5.41, 5.74) is 0.132. The number of carbonyl (C=O) groups excluding carboxylic acids is 1. The molecule has 0 aromatic heterocycles. The van der Waals surface area contributed by atoms with Gasteiger partial charge in [0.2, 0.25) is 0 Å². The second kappa shape index (κ2) is 6.72. The Bertz CT molecular complexity index is 652.